The highest BCUT2D eigenvalue weighted by molar-refractivity contribution is 4.55. The number of hydrogen-bond donors (Lipinski definition) is 4. The predicted molar refractivity (Wildman–Crippen MR) is 67.6 cm³/mol. The SMILES string of the molecule is CC(O)CNCCCCCCNCC(C)O. The van der Waals surface area contributed by atoms with Crippen LogP contribution in [0.5, 0.6) is 0 Å². The number of aliphatic hydroxyl groups is 2. The standard InChI is InChI=1S/C12H28N2O2/c1-11(15)9-13-7-5-3-4-6-8-14-10-12(2)16/h11-16H,3-10H2,1-2H3. The molecule has 0 heterocycles. The number of unbranched alkanes of at least 4 members (excludes halogenated alkanes) is 3. The van der Waals surface area contributed by atoms with Crippen LogP contribution in [0.15, 0.2) is 0 Å². The van der Waals surface area contributed by atoms with Crippen molar-refractivity contribution in [2.24, 2.45) is 0 Å². The summed E-state index contributed by atoms with van der Waals surface area (Å²) in [6.45, 7) is 6.95. The highest BCUT2D eigenvalue weighted by Crippen LogP contribution is 1.97. The fraction of sp³-hybridized carbons (Fsp3) is 1.00. The Morgan fingerprint density at radius 2 is 1.12 bits per heavy atom. The van der Waals surface area contributed by atoms with E-state index in [-0.39, 0.29) is 12.2 Å². The van der Waals surface area contributed by atoms with Crippen LogP contribution in [0.1, 0.15) is 39.5 Å². The third kappa shape index (κ3) is 13.8. The number of hydrogen-bond acceptors (Lipinski definition) is 4. The van der Waals surface area contributed by atoms with Crippen molar-refractivity contribution in [3.63, 3.8) is 0 Å². The molecule has 0 aromatic rings. The van der Waals surface area contributed by atoms with E-state index in [2.05, 4.69) is 10.6 Å². The molecule has 2 atom stereocenters. The lowest BCUT2D eigenvalue weighted by atomic mass is 10.2. The lowest BCUT2D eigenvalue weighted by Gasteiger charge is -2.07. The molecule has 0 saturated carbocycles. The topological polar surface area (TPSA) is 64.5 Å². The Kier molecular flexibility index (Phi) is 11.2. The largest absolute Gasteiger partial charge is 0.392 e. The summed E-state index contributed by atoms with van der Waals surface area (Å²) in [5, 5.41) is 24.4. The third-order valence-electron chi connectivity index (χ3n) is 2.34. The molecule has 4 nitrogen and oxygen atoms in total. The van der Waals surface area contributed by atoms with Gasteiger partial charge in [-0.25, -0.2) is 0 Å². The molecular weight excluding hydrogens is 204 g/mol. The van der Waals surface area contributed by atoms with Gasteiger partial charge in [-0.05, 0) is 39.8 Å². The monoisotopic (exact) mass is 232 g/mol. The van der Waals surface area contributed by atoms with Crippen LogP contribution in [-0.2, 0) is 0 Å². The minimum atomic E-state index is -0.246. The van der Waals surface area contributed by atoms with Gasteiger partial charge in [0.1, 0.15) is 0 Å². The van der Waals surface area contributed by atoms with Crippen molar-refractivity contribution in [3.8, 4) is 0 Å². The summed E-state index contributed by atoms with van der Waals surface area (Å²) in [4.78, 5) is 0. The molecule has 0 fully saturated rings. The summed E-state index contributed by atoms with van der Waals surface area (Å²) in [5.74, 6) is 0. The van der Waals surface area contributed by atoms with E-state index in [1.807, 2.05) is 0 Å². The minimum Gasteiger partial charge on any atom is -0.392 e. The number of aliphatic hydroxyl groups excluding tert-OH is 2. The molecule has 98 valence electrons. The van der Waals surface area contributed by atoms with Gasteiger partial charge < -0.3 is 20.8 Å². The average Bonchev–Trinajstić information content (AvgIpc) is 2.20. The lowest BCUT2D eigenvalue weighted by molar-refractivity contribution is 0.190. The van der Waals surface area contributed by atoms with Gasteiger partial charge >= 0.3 is 0 Å². The molecule has 0 aromatic carbocycles. The summed E-state index contributed by atoms with van der Waals surface area (Å²) >= 11 is 0. The maximum Gasteiger partial charge on any atom is 0.0636 e. The summed E-state index contributed by atoms with van der Waals surface area (Å²) < 4.78 is 0. The Bertz CT molecular complexity index is 125. The molecule has 0 aromatic heterocycles. The first-order valence-electron chi connectivity index (χ1n) is 6.40. The Balaban J connectivity index is 2.93. The van der Waals surface area contributed by atoms with Gasteiger partial charge in [0.25, 0.3) is 0 Å². The van der Waals surface area contributed by atoms with Gasteiger partial charge in [0, 0.05) is 13.1 Å². The van der Waals surface area contributed by atoms with E-state index in [1.165, 1.54) is 25.7 Å². The van der Waals surface area contributed by atoms with Crippen molar-refractivity contribution in [2.75, 3.05) is 26.2 Å². The molecule has 0 amide bonds. The summed E-state index contributed by atoms with van der Waals surface area (Å²) in [6.07, 6.45) is 4.30. The first-order chi connectivity index (χ1) is 7.63. The van der Waals surface area contributed by atoms with Gasteiger partial charge in [0.05, 0.1) is 12.2 Å². The molecule has 4 N–H and O–H groups in total. The van der Waals surface area contributed by atoms with Crippen LogP contribution in [0.3, 0.4) is 0 Å². The third-order valence-corrected chi connectivity index (χ3v) is 2.34. The highest BCUT2D eigenvalue weighted by atomic mass is 16.3. The van der Waals surface area contributed by atoms with Gasteiger partial charge in [-0.3, -0.25) is 0 Å². The van der Waals surface area contributed by atoms with E-state index < -0.39 is 0 Å². The second kappa shape index (κ2) is 11.3. The molecule has 0 radical (unpaired) electrons. The zero-order chi connectivity index (χ0) is 12.2. The quantitative estimate of drug-likeness (QED) is 0.391. The van der Waals surface area contributed by atoms with Crippen molar-refractivity contribution < 1.29 is 10.2 Å². The molecule has 0 aliphatic carbocycles. The molecule has 0 saturated heterocycles. The summed E-state index contributed by atoms with van der Waals surface area (Å²) in [6, 6.07) is 0. The zero-order valence-corrected chi connectivity index (χ0v) is 10.7. The first-order valence-corrected chi connectivity index (χ1v) is 6.40. The van der Waals surface area contributed by atoms with E-state index in [0.717, 1.165) is 13.1 Å². The van der Waals surface area contributed by atoms with Gasteiger partial charge in [0.15, 0.2) is 0 Å². The molecule has 0 spiro atoms. The van der Waals surface area contributed by atoms with Gasteiger partial charge in [-0.15, -0.1) is 0 Å². The molecule has 4 heteroatoms. The van der Waals surface area contributed by atoms with Crippen LogP contribution < -0.4 is 10.6 Å². The van der Waals surface area contributed by atoms with E-state index in [1.54, 1.807) is 13.8 Å². The van der Waals surface area contributed by atoms with Crippen molar-refractivity contribution in [1.29, 1.82) is 0 Å². The van der Waals surface area contributed by atoms with Crippen LogP contribution in [0.2, 0.25) is 0 Å². The van der Waals surface area contributed by atoms with Crippen LogP contribution in [0, 0.1) is 0 Å². The predicted octanol–water partition coefficient (Wildman–Crippen LogP) is 0.488. The van der Waals surface area contributed by atoms with E-state index in [9.17, 15) is 0 Å². The fourth-order valence-electron chi connectivity index (χ4n) is 1.48. The highest BCUT2D eigenvalue weighted by Gasteiger charge is 1.95. The first kappa shape index (κ1) is 15.8. The molecule has 16 heavy (non-hydrogen) atoms. The maximum absolute atomic E-state index is 9.01. The maximum atomic E-state index is 9.01. The van der Waals surface area contributed by atoms with Crippen LogP contribution in [0.25, 0.3) is 0 Å². The Hall–Kier alpha value is -0.160. The summed E-state index contributed by atoms with van der Waals surface area (Å²) in [5.41, 5.74) is 0. The minimum absolute atomic E-state index is 0.246. The second-order valence-electron chi connectivity index (χ2n) is 4.52. The summed E-state index contributed by atoms with van der Waals surface area (Å²) in [7, 11) is 0. The molecule has 0 rings (SSSR count). The lowest BCUT2D eigenvalue weighted by Crippen LogP contribution is -2.25. The van der Waals surface area contributed by atoms with E-state index in [4.69, 9.17) is 10.2 Å². The molecular formula is C12H28N2O2. The molecule has 2 unspecified atom stereocenters. The smallest absolute Gasteiger partial charge is 0.0636 e. The molecule has 0 aliphatic heterocycles. The van der Waals surface area contributed by atoms with Crippen LogP contribution in [0.4, 0.5) is 0 Å². The van der Waals surface area contributed by atoms with Crippen LogP contribution >= 0.6 is 0 Å². The van der Waals surface area contributed by atoms with Crippen LogP contribution in [-0.4, -0.2) is 48.6 Å². The number of rotatable bonds is 11. The van der Waals surface area contributed by atoms with Crippen molar-refractivity contribution >= 4 is 0 Å². The fourth-order valence-corrected chi connectivity index (χ4v) is 1.48. The Morgan fingerprint density at radius 1 is 0.750 bits per heavy atom. The molecule has 0 aliphatic rings. The molecule has 0 bridgehead atoms. The van der Waals surface area contributed by atoms with Crippen molar-refractivity contribution in [3.05, 3.63) is 0 Å². The van der Waals surface area contributed by atoms with Gasteiger partial charge in [-0.2, -0.15) is 0 Å². The van der Waals surface area contributed by atoms with E-state index in [0.29, 0.717) is 13.1 Å². The Morgan fingerprint density at radius 3 is 1.44 bits per heavy atom. The van der Waals surface area contributed by atoms with E-state index >= 15 is 0 Å². The average molecular weight is 232 g/mol. The normalized spacial score (nSPS) is 15.0. The zero-order valence-electron chi connectivity index (χ0n) is 10.7. The van der Waals surface area contributed by atoms with Gasteiger partial charge in [0.2, 0.25) is 0 Å². The second-order valence-corrected chi connectivity index (χ2v) is 4.52. The van der Waals surface area contributed by atoms with Gasteiger partial charge in [-0.1, -0.05) is 12.8 Å². The van der Waals surface area contributed by atoms with Crippen molar-refractivity contribution in [1.82, 2.24) is 10.6 Å². The van der Waals surface area contributed by atoms with Crippen molar-refractivity contribution in [2.45, 2.75) is 51.7 Å². The number of nitrogens with one attached hydrogen (secondary N) is 2. The Labute approximate surface area is 99.4 Å².